The minimum atomic E-state index is -1.01. The van der Waals surface area contributed by atoms with E-state index in [1.807, 2.05) is 0 Å². The minimum Gasteiger partial charge on any atom is -0.476 e. The second kappa shape index (κ2) is 4.39. The van der Waals surface area contributed by atoms with Crippen LogP contribution in [0.25, 0.3) is 0 Å². The van der Waals surface area contributed by atoms with Crippen molar-refractivity contribution in [2.45, 2.75) is 13.0 Å². The van der Waals surface area contributed by atoms with Crippen molar-refractivity contribution in [3.63, 3.8) is 0 Å². The molecule has 1 aromatic heterocycles. The van der Waals surface area contributed by atoms with Gasteiger partial charge in [-0.3, -0.25) is 0 Å². The average Bonchev–Trinajstić information content (AvgIpc) is 2.33. The first-order valence-electron chi connectivity index (χ1n) is 3.05. The van der Waals surface area contributed by atoms with E-state index in [1.165, 1.54) is 16.7 Å². The summed E-state index contributed by atoms with van der Waals surface area (Å²) in [4.78, 5) is 14.1. The third-order valence-electron chi connectivity index (χ3n) is 1.13. The molecule has 4 nitrogen and oxygen atoms in total. The van der Waals surface area contributed by atoms with Gasteiger partial charge in [-0.25, -0.2) is 9.78 Å². The number of nitrogens with two attached hydrogens (primary N) is 1. The molecule has 1 heterocycles. The maximum Gasteiger partial charge on any atom is 0.355 e. The molecule has 1 rings (SSSR count). The van der Waals surface area contributed by atoms with Crippen molar-refractivity contribution >= 4 is 29.7 Å². The largest absolute Gasteiger partial charge is 0.476 e. The third kappa shape index (κ3) is 2.44. The molecule has 0 fully saturated rings. The fraction of sp³-hybridized carbons (Fsp3) is 0.333. The first kappa shape index (κ1) is 11.4. The molecule has 1 aromatic rings. The first-order valence-corrected chi connectivity index (χ1v) is 3.93. The Morgan fingerprint density at radius 2 is 2.42 bits per heavy atom. The van der Waals surface area contributed by atoms with Gasteiger partial charge in [0.2, 0.25) is 0 Å². The van der Waals surface area contributed by atoms with Crippen LogP contribution in [0.4, 0.5) is 0 Å². The Balaban J connectivity index is 0.00000121. The third-order valence-corrected chi connectivity index (χ3v) is 2.18. The summed E-state index contributed by atoms with van der Waals surface area (Å²) in [7, 11) is 0. The maximum atomic E-state index is 10.3. The summed E-state index contributed by atoms with van der Waals surface area (Å²) in [6.45, 7) is 1.77. The van der Waals surface area contributed by atoms with Gasteiger partial charge in [0.25, 0.3) is 0 Å². The van der Waals surface area contributed by atoms with Gasteiger partial charge in [0, 0.05) is 5.38 Å². The summed E-state index contributed by atoms with van der Waals surface area (Å²) in [5.74, 6) is -1.01. The number of thiazole rings is 1. The van der Waals surface area contributed by atoms with Crippen molar-refractivity contribution in [3.8, 4) is 0 Å². The highest BCUT2D eigenvalue weighted by molar-refractivity contribution is 7.09. The van der Waals surface area contributed by atoms with Gasteiger partial charge in [-0.1, -0.05) is 0 Å². The van der Waals surface area contributed by atoms with Crippen LogP contribution in [0.1, 0.15) is 28.5 Å². The number of hydrogen-bond donors (Lipinski definition) is 2. The van der Waals surface area contributed by atoms with Gasteiger partial charge in [-0.15, -0.1) is 23.7 Å². The van der Waals surface area contributed by atoms with E-state index >= 15 is 0 Å². The topological polar surface area (TPSA) is 76.2 Å². The van der Waals surface area contributed by atoms with Crippen LogP contribution in [0.3, 0.4) is 0 Å². The van der Waals surface area contributed by atoms with E-state index in [9.17, 15) is 4.79 Å². The molecule has 0 aromatic carbocycles. The zero-order valence-electron chi connectivity index (χ0n) is 6.35. The van der Waals surface area contributed by atoms with Crippen LogP contribution in [0, 0.1) is 0 Å². The summed E-state index contributed by atoms with van der Waals surface area (Å²) >= 11 is 1.27. The molecule has 0 saturated carbocycles. The summed E-state index contributed by atoms with van der Waals surface area (Å²) in [5.41, 5.74) is 5.55. The summed E-state index contributed by atoms with van der Waals surface area (Å²) in [5, 5.41) is 10.6. The Kier molecular flexibility index (Phi) is 4.16. The zero-order valence-corrected chi connectivity index (χ0v) is 7.98. The summed E-state index contributed by atoms with van der Waals surface area (Å²) < 4.78 is 0. The van der Waals surface area contributed by atoms with Gasteiger partial charge in [-0.05, 0) is 6.92 Å². The molecule has 0 radical (unpaired) electrons. The van der Waals surface area contributed by atoms with E-state index in [4.69, 9.17) is 10.8 Å². The number of carboxylic acids is 1. The summed E-state index contributed by atoms with van der Waals surface area (Å²) in [6.07, 6.45) is 0. The van der Waals surface area contributed by atoms with Gasteiger partial charge in [0.05, 0.1) is 6.04 Å². The van der Waals surface area contributed by atoms with Gasteiger partial charge in [0.1, 0.15) is 5.01 Å². The molecule has 3 N–H and O–H groups in total. The van der Waals surface area contributed by atoms with Gasteiger partial charge >= 0.3 is 5.97 Å². The molecule has 0 saturated heterocycles. The second-order valence-electron chi connectivity index (χ2n) is 2.16. The molecule has 0 bridgehead atoms. The van der Waals surface area contributed by atoms with Crippen LogP contribution in [-0.4, -0.2) is 16.1 Å². The van der Waals surface area contributed by atoms with Gasteiger partial charge in [-0.2, -0.15) is 0 Å². The Hall–Kier alpha value is -0.650. The smallest absolute Gasteiger partial charge is 0.355 e. The Labute approximate surface area is 79.8 Å². The fourth-order valence-corrected chi connectivity index (χ4v) is 1.35. The monoisotopic (exact) mass is 208 g/mol. The molecular weight excluding hydrogens is 200 g/mol. The van der Waals surface area contributed by atoms with Crippen molar-refractivity contribution in [1.29, 1.82) is 0 Å². The molecule has 0 aliphatic heterocycles. The molecule has 0 amide bonds. The van der Waals surface area contributed by atoms with Gasteiger partial charge in [0.15, 0.2) is 5.69 Å². The Morgan fingerprint density at radius 3 is 2.67 bits per heavy atom. The van der Waals surface area contributed by atoms with Crippen LogP contribution < -0.4 is 5.73 Å². The minimum absolute atomic E-state index is 0. The highest BCUT2D eigenvalue weighted by atomic mass is 35.5. The fourth-order valence-electron chi connectivity index (χ4n) is 0.595. The lowest BCUT2D eigenvalue weighted by atomic mass is 10.4. The number of carboxylic acid groups (broad SMARTS) is 1. The highest BCUT2D eigenvalue weighted by Gasteiger charge is 2.10. The number of aromatic carboxylic acids is 1. The molecular formula is C6H9ClN2O2S. The van der Waals surface area contributed by atoms with E-state index in [-0.39, 0.29) is 24.1 Å². The maximum absolute atomic E-state index is 10.3. The SMILES string of the molecule is CC(N)c1nc(C(=O)O)cs1.Cl. The van der Waals surface area contributed by atoms with Crippen molar-refractivity contribution in [2.75, 3.05) is 0 Å². The second-order valence-corrected chi connectivity index (χ2v) is 3.05. The van der Waals surface area contributed by atoms with E-state index in [2.05, 4.69) is 4.98 Å². The number of aromatic nitrogens is 1. The molecule has 1 atom stereocenters. The van der Waals surface area contributed by atoms with Crippen LogP contribution in [-0.2, 0) is 0 Å². The lowest BCUT2D eigenvalue weighted by molar-refractivity contribution is 0.0691. The molecule has 0 aliphatic rings. The first-order chi connectivity index (χ1) is 5.11. The highest BCUT2D eigenvalue weighted by Crippen LogP contribution is 2.15. The van der Waals surface area contributed by atoms with Crippen LogP contribution in [0.5, 0.6) is 0 Å². The Bertz CT molecular complexity index is 274. The van der Waals surface area contributed by atoms with E-state index in [1.54, 1.807) is 6.92 Å². The van der Waals surface area contributed by atoms with Crippen molar-refractivity contribution in [2.24, 2.45) is 5.73 Å². The zero-order chi connectivity index (χ0) is 8.43. The predicted molar refractivity (Wildman–Crippen MR) is 48.9 cm³/mol. The van der Waals surface area contributed by atoms with Crippen LogP contribution >= 0.6 is 23.7 Å². The van der Waals surface area contributed by atoms with Gasteiger partial charge < -0.3 is 10.8 Å². The average molecular weight is 209 g/mol. The molecule has 1 unspecified atom stereocenters. The lowest BCUT2D eigenvalue weighted by Crippen LogP contribution is -2.05. The molecule has 12 heavy (non-hydrogen) atoms. The molecule has 0 spiro atoms. The number of halogens is 1. The van der Waals surface area contributed by atoms with E-state index in [0.29, 0.717) is 5.01 Å². The lowest BCUT2D eigenvalue weighted by Gasteiger charge is -1.95. The predicted octanol–water partition coefficient (Wildman–Crippen LogP) is 1.28. The number of carbonyl (C=O) groups is 1. The molecule has 6 heteroatoms. The van der Waals surface area contributed by atoms with Crippen molar-refractivity contribution in [3.05, 3.63) is 16.1 Å². The number of hydrogen-bond acceptors (Lipinski definition) is 4. The van der Waals surface area contributed by atoms with Crippen molar-refractivity contribution in [1.82, 2.24) is 4.98 Å². The van der Waals surface area contributed by atoms with E-state index in [0.717, 1.165) is 0 Å². The van der Waals surface area contributed by atoms with Crippen LogP contribution in [0.2, 0.25) is 0 Å². The van der Waals surface area contributed by atoms with Crippen LogP contribution in [0.15, 0.2) is 5.38 Å². The number of nitrogens with zero attached hydrogens (tertiary/aromatic N) is 1. The Morgan fingerprint density at radius 1 is 1.83 bits per heavy atom. The normalized spacial score (nSPS) is 11.8. The number of rotatable bonds is 2. The molecule has 68 valence electrons. The molecule has 0 aliphatic carbocycles. The van der Waals surface area contributed by atoms with E-state index < -0.39 is 5.97 Å². The van der Waals surface area contributed by atoms with Crippen molar-refractivity contribution < 1.29 is 9.90 Å². The standard InChI is InChI=1S/C6H8N2O2S.ClH/c1-3(7)5-8-4(2-11-5)6(9)10;/h2-3H,7H2,1H3,(H,9,10);1H. The summed E-state index contributed by atoms with van der Waals surface area (Å²) in [6, 6.07) is -0.187. The quantitative estimate of drug-likeness (QED) is 0.768.